The molecular formula is C21H19ClN4OS. The minimum absolute atomic E-state index is 0.122. The van der Waals surface area contributed by atoms with Crippen molar-refractivity contribution in [3.8, 4) is 0 Å². The van der Waals surface area contributed by atoms with Crippen LogP contribution in [-0.2, 0) is 18.8 Å². The standard InChI is InChI=1S/C21H19ClN4OS/c1-2-25-13-18-19(24-25)20(27)26(12-15-8-10-17(22)11-9-15)21(23-18)28-14-16-6-4-3-5-7-16/h3-11,13H,2,12,14H2,1H3. The average Bonchev–Trinajstić information content (AvgIpc) is 3.14. The highest BCUT2D eigenvalue weighted by atomic mass is 35.5. The van der Waals surface area contributed by atoms with Crippen LogP contribution in [0.25, 0.3) is 11.0 Å². The zero-order chi connectivity index (χ0) is 19.5. The molecule has 0 unspecified atom stereocenters. The molecule has 2 aromatic carbocycles. The highest BCUT2D eigenvalue weighted by Gasteiger charge is 2.15. The fourth-order valence-corrected chi connectivity index (χ4v) is 4.01. The van der Waals surface area contributed by atoms with Gasteiger partial charge in [-0.1, -0.05) is 65.8 Å². The first-order valence-corrected chi connectivity index (χ1v) is 10.4. The topological polar surface area (TPSA) is 52.7 Å². The Balaban J connectivity index is 1.75. The number of aromatic nitrogens is 4. The highest BCUT2D eigenvalue weighted by molar-refractivity contribution is 7.98. The Hall–Kier alpha value is -2.57. The van der Waals surface area contributed by atoms with Gasteiger partial charge in [-0.2, -0.15) is 5.10 Å². The molecule has 28 heavy (non-hydrogen) atoms. The molecule has 0 bridgehead atoms. The molecule has 5 nitrogen and oxygen atoms in total. The van der Waals surface area contributed by atoms with Gasteiger partial charge in [0.1, 0.15) is 5.52 Å². The Kier molecular flexibility index (Phi) is 5.50. The fraction of sp³-hybridized carbons (Fsp3) is 0.190. The minimum Gasteiger partial charge on any atom is -0.281 e. The van der Waals surface area contributed by atoms with Crippen LogP contribution in [0.2, 0.25) is 5.02 Å². The van der Waals surface area contributed by atoms with Gasteiger partial charge in [0.25, 0.3) is 5.56 Å². The van der Waals surface area contributed by atoms with Gasteiger partial charge in [-0.15, -0.1) is 0 Å². The molecule has 0 spiro atoms. The number of fused-ring (bicyclic) bond motifs is 1. The van der Waals surface area contributed by atoms with Crippen molar-refractivity contribution in [1.29, 1.82) is 0 Å². The molecule has 0 saturated heterocycles. The number of benzene rings is 2. The normalized spacial score (nSPS) is 11.2. The highest BCUT2D eigenvalue weighted by Crippen LogP contribution is 2.23. The van der Waals surface area contributed by atoms with Crippen LogP contribution in [0.15, 0.2) is 70.7 Å². The Morgan fingerprint density at radius 1 is 1.04 bits per heavy atom. The van der Waals surface area contributed by atoms with Gasteiger partial charge in [-0.25, -0.2) is 4.98 Å². The van der Waals surface area contributed by atoms with E-state index in [1.165, 1.54) is 5.56 Å². The number of hydrogen-bond acceptors (Lipinski definition) is 4. The van der Waals surface area contributed by atoms with Crippen molar-refractivity contribution in [3.05, 3.63) is 87.3 Å². The Bertz CT molecular complexity index is 1150. The summed E-state index contributed by atoms with van der Waals surface area (Å²) in [5.74, 6) is 0.737. The number of hydrogen-bond donors (Lipinski definition) is 0. The van der Waals surface area contributed by atoms with Gasteiger partial charge in [-0.3, -0.25) is 14.0 Å². The Morgan fingerprint density at radius 2 is 1.79 bits per heavy atom. The lowest BCUT2D eigenvalue weighted by molar-refractivity contribution is 0.650. The van der Waals surface area contributed by atoms with Crippen LogP contribution in [0.4, 0.5) is 0 Å². The van der Waals surface area contributed by atoms with E-state index in [2.05, 4.69) is 17.2 Å². The van der Waals surface area contributed by atoms with Gasteiger partial charge >= 0.3 is 0 Å². The summed E-state index contributed by atoms with van der Waals surface area (Å²) in [5, 5.41) is 5.76. The van der Waals surface area contributed by atoms with Crippen molar-refractivity contribution < 1.29 is 0 Å². The lowest BCUT2D eigenvalue weighted by atomic mass is 10.2. The van der Waals surface area contributed by atoms with Crippen molar-refractivity contribution >= 4 is 34.4 Å². The van der Waals surface area contributed by atoms with Gasteiger partial charge in [-0.05, 0) is 30.2 Å². The quantitative estimate of drug-likeness (QED) is 0.344. The molecule has 2 heterocycles. The van der Waals surface area contributed by atoms with E-state index in [1.54, 1.807) is 21.0 Å². The molecule has 0 radical (unpaired) electrons. The van der Waals surface area contributed by atoms with Crippen LogP contribution in [0, 0.1) is 0 Å². The van der Waals surface area contributed by atoms with E-state index in [9.17, 15) is 4.79 Å². The lowest BCUT2D eigenvalue weighted by Gasteiger charge is -2.12. The second-order valence-electron chi connectivity index (χ2n) is 6.41. The fourth-order valence-electron chi connectivity index (χ4n) is 2.93. The molecule has 2 aromatic heterocycles. The smallest absolute Gasteiger partial charge is 0.281 e. The van der Waals surface area contributed by atoms with Crippen molar-refractivity contribution in [3.63, 3.8) is 0 Å². The summed E-state index contributed by atoms with van der Waals surface area (Å²) in [5.41, 5.74) is 3.09. The number of aryl methyl sites for hydroxylation is 1. The molecule has 142 valence electrons. The van der Waals surface area contributed by atoms with E-state index in [4.69, 9.17) is 16.6 Å². The zero-order valence-electron chi connectivity index (χ0n) is 15.4. The first-order chi connectivity index (χ1) is 13.6. The minimum atomic E-state index is -0.122. The van der Waals surface area contributed by atoms with Crippen molar-refractivity contribution in [2.75, 3.05) is 0 Å². The maximum Gasteiger partial charge on any atom is 0.282 e. The van der Waals surface area contributed by atoms with Gasteiger partial charge in [0.15, 0.2) is 10.7 Å². The van der Waals surface area contributed by atoms with E-state index in [0.29, 0.717) is 34.3 Å². The van der Waals surface area contributed by atoms with E-state index in [-0.39, 0.29) is 5.56 Å². The SMILES string of the molecule is CCn1cc2nc(SCc3ccccc3)n(Cc3ccc(Cl)cc3)c(=O)c2n1. The monoisotopic (exact) mass is 410 g/mol. The third-order valence-electron chi connectivity index (χ3n) is 4.43. The molecule has 7 heteroatoms. The van der Waals surface area contributed by atoms with Crippen molar-refractivity contribution in [2.45, 2.75) is 30.9 Å². The number of rotatable bonds is 6. The van der Waals surface area contributed by atoms with Crippen molar-refractivity contribution in [1.82, 2.24) is 19.3 Å². The van der Waals surface area contributed by atoms with Crippen molar-refractivity contribution in [2.24, 2.45) is 0 Å². The molecule has 0 fully saturated rings. The van der Waals surface area contributed by atoms with E-state index >= 15 is 0 Å². The van der Waals surface area contributed by atoms with E-state index < -0.39 is 0 Å². The summed E-state index contributed by atoms with van der Waals surface area (Å²) >= 11 is 7.55. The lowest BCUT2D eigenvalue weighted by Crippen LogP contribution is -2.24. The summed E-state index contributed by atoms with van der Waals surface area (Å²) in [6.45, 7) is 3.11. The molecular weight excluding hydrogens is 392 g/mol. The van der Waals surface area contributed by atoms with Gasteiger partial charge in [0.2, 0.25) is 0 Å². The van der Waals surface area contributed by atoms with Crippen LogP contribution >= 0.6 is 23.4 Å². The second kappa shape index (κ2) is 8.20. The molecule has 0 saturated carbocycles. The predicted molar refractivity (Wildman–Crippen MR) is 114 cm³/mol. The maximum atomic E-state index is 13.2. The van der Waals surface area contributed by atoms with Crippen LogP contribution < -0.4 is 5.56 Å². The molecule has 4 rings (SSSR count). The summed E-state index contributed by atoms with van der Waals surface area (Å²) in [4.78, 5) is 17.9. The van der Waals surface area contributed by atoms with Gasteiger partial charge in [0, 0.05) is 17.3 Å². The van der Waals surface area contributed by atoms with Crippen LogP contribution in [0.1, 0.15) is 18.1 Å². The van der Waals surface area contributed by atoms with Gasteiger partial charge < -0.3 is 0 Å². The Morgan fingerprint density at radius 3 is 2.50 bits per heavy atom. The third kappa shape index (κ3) is 3.98. The average molecular weight is 411 g/mol. The van der Waals surface area contributed by atoms with E-state index in [0.717, 1.165) is 11.3 Å². The predicted octanol–water partition coefficient (Wildman–Crippen LogP) is 4.61. The molecule has 4 aromatic rings. The number of halogens is 1. The van der Waals surface area contributed by atoms with Crippen LogP contribution in [0.5, 0.6) is 0 Å². The first-order valence-electron chi connectivity index (χ1n) is 9.03. The van der Waals surface area contributed by atoms with Crippen LogP contribution in [-0.4, -0.2) is 19.3 Å². The summed E-state index contributed by atoms with van der Waals surface area (Å²) in [7, 11) is 0. The van der Waals surface area contributed by atoms with E-state index in [1.807, 2.05) is 55.6 Å². The van der Waals surface area contributed by atoms with Crippen LogP contribution in [0.3, 0.4) is 0 Å². The Labute approximate surface area is 172 Å². The number of nitrogens with zero attached hydrogens (tertiary/aromatic N) is 4. The molecule has 0 aliphatic rings. The zero-order valence-corrected chi connectivity index (χ0v) is 17.0. The largest absolute Gasteiger partial charge is 0.282 e. The summed E-state index contributed by atoms with van der Waals surface area (Å²) in [6.07, 6.45) is 1.83. The molecule has 0 N–H and O–H groups in total. The molecule has 0 atom stereocenters. The molecule has 0 aliphatic heterocycles. The van der Waals surface area contributed by atoms with Gasteiger partial charge in [0.05, 0.1) is 12.7 Å². The number of thioether (sulfide) groups is 1. The second-order valence-corrected chi connectivity index (χ2v) is 7.78. The summed E-state index contributed by atoms with van der Waals surface area (Å²) < 4.78 is 3.45. The molecule has 0 amide bonds. The first kappa shape index (κ1) is 18.8. The third-order valence-corrected chi connectivity index (χ3v) is 5.73. The maximum absolute atomic E-state index is 13.2. The summed E-state index contributed by atoms with van der Waals surface area (Å²) in [6, 6.07) is 17.7. The molecule has 0 aliphatic carbocycles.